The summed E-state index contributed by atoms with van der Waals surface area (Å²) in [5.74, 6) is -2.21. The van der Waals surface area contributed by atoms with Crippen LogP contribution in [0, 0.1) is 5.41 Å². The Morgan fingerprint density at radius 1 is 0.964 bits per heavy atom. The monoisotopic (exact) mass is 380 g/mol. The summed E-state index contributed by atoms with van der Waals surface area (Å²) in [4.78, 5) is 23.6. The molecule has 1 N–H and O–H groups in total. The molecule has 28 heavy (non-hydrogen) atoms. The summed E-state index contributed by atoms with van der Waals surface area (Å²) in [5, 5.41) is 9.83. The second kappa shape index (κ2) is 8.87. The molecule has 2 atom stereocenters. The summed E-state index contributed by atoms with van der Waals surface area (Å²) >= 11 is 0. The number of benzene rings is 2. The van der Waals surface area contributed by atoms with Gasteiger partial charge >= 0.3 is 11.9 Å². The van der Waals surface area contributed by atoms with Gasteiger partial charge in [0.15, 0.2) is 0 Å². The van der Waals surface area contributed by atoms with Crippen LogP contribution in [0.4, 0.5) is 0 Å². The first-order valence-electron chi connectivity index (χ1n) is 9.32. The molecule has 2 unspecified atom stereocenters. The van der Waals surface area contributed by atoms with Crippen molar-refractivity contribution < 1.29 is 19.4 Å². The molecule has 2 rings (SSSR count). The fourth-order valence-corrected chi connectivity index (χ4v) is 3.04. The molecule has 2 aromatic rings. The summed E-state index contributed by atoms with van der Waals surface area (Å²) in [6.45, 7) is 8.28. The lowest BCUT2D eigenvalue weighted by Crippen LogP contribution is -2.18. The lowest BCUT2D eigenvalue weighted by molar-refractivity contribution is -0.139. The number of rotatable bonds is 6. The van der Waals surface area contributed by atoms with E-state index in [9.17, 15) is 14.7 Å². The minimum absolute atomic E-state index is 0.0904. The Hall–Kier alpha value is -2.88. The van der Waals surface area contributed by atoms with Gasteiger partial charge in [0.25, 0.3) is 0 Å². The highest BCUT2D eigenvalue weighted by molar-refractivity contribution is 5.89. The van der Waals surface area contributed by atoms with Crippen LogP contribution >= 0.6 is 0 Å². The van der Waals surface area contributed by atoms with Gasteiger partial charge in [-0.05, 0) is 40.2 Å². The molecule has 2 aromatic carbocycles. The molecule has 4 nitrogen and oxygen atoms in total. The summed E-state index contributed by atoms with van der Waals surface area (Å²) in [6.07, 6.45) is 4.18. The molecule has 0 aromatic heterocycles. The number of carboxylic acids is 1. The van der Waals surface area contributed by atoms with Gasteiger partial charge in [0.1, 0.15) is 0 Å². The predicted molar refractivity (Wildman–Crippen MR) is 112 cm³/mol. The number of hydrogen-bond donors (Lipinski definition) is 1. The number of esters is 1. The molecule has 0 aliphatic heterocycles. The van der Waals surface area contributed by atoms with Crippen LogP contribution in [0.3, 0.4) is 0 Å². The average molecular weight is 380 g/mol. The van der Waals surface area contributed by atoms with Crippen molar-refractivity contribution in [1.82, 2.24) is 0 Å². The molecule has 0 saturated carbocycles. The molecular formula is C24H28O4. The van der Waals surface area contributed by atoms with Crippen LogP contribution in [0.15, 0.2) is 54.6 Å². The zero-order valence-corrected chi connectivity index (χ0v) is 17.1. The predicted octanol–water partition coefficient (Wildman–Crippen LogP) is 5.50. The third-order valence-corrected chi connectivity index (χ3v) is 4.69. The van der Waals surface area contributed by atoms with Gasteiger partial charge in [0.2, 0.25) is 0 Å². The number of carbonyl (C=O) groups excluding carboxylic acids is 1. The smallest absolute Gasteiger partial charge is 0.337 e. The standard InChI is InChI=1S/C24H28O4/c1-16(18-10-12-20(13-11-18)23(27)28-5)21(22(25)26)19-8-6-17(7-9-19)14-15-24(2,3)4/h6-16,21H,1-5H3,(H,25,26)/b15-14+. The summed E-state index contributed by atoms with van der Waals surface area (Å²) in [6, 6.07) is 14.5. The second-order valence-electron chi connectivity index (χ2n) is 8.08. The summed E-state index contributed by atoms with van der Waals surface area (Å²) in [5.41, 5.74) is 3.19. The van der Waals surface area contributed by atoms with Crippen LogP contribution in [-0.4, -0.2) is 24.2 Å². The molecule has 0 heterocycles. The van der Waals surface area contributed by atoms with Gasteiger partial charge in [0.05, 0.1) is 18.6 Å². The van der Waals surface area contributed by atoms with E-state index in [0.717, 1.165) is 16.7 Å². The number of carbonyl (C=O) groups is 2. The largest absolute Gasteiger partial charge is 0.481 e. The number of allylic oxidation sites excluding steroid dienone is 1. The summed E-state index contributed by atoms with van der Waals surface area (Å²) in [7, 11) is 1.33. The maximum absolute atomic E-state index is 12.0. The lowest BCUT2D eigenvalue weighted by atomic mass is 9.82. The number of carboxylic acid groups (broad SMARTS) is 1. The molecule has 0 fully saturated rings. The normalized spacial score (nSPS) is 13.9. The molecule has 0 aliphatic carbocycles. The highest BCUT2D eigenvalue weighted by atomic mass is 16.5. The van der Waals surface area contributed by atoms with E-state index in [-0.39, 0.29) is 11.3 Å². The van der Waals surface area contributed by atoms with Gasteiger partial charge in [-0.3, -0.25) is 4.79 Å². The molecule has 0 radical (unpaired) electrons. The molecule has 4 heteroatoms. The van der Waals surface area contributed by atoms with Crippen molar-refractivity contribution in [2.24, 2.45) is 5.41 Å². The van der Waals surface area contributed by atoms with E-state index in [1.54, 1.807) is 24.3 Å². The van der Waals surface area contributed by atoms with E-state index in [4.69, 9.17) is 4.74 Å². The van der Waals surface area contributed by atoms with Crippen molar-refractivity contribution in [3.63, 3.8) is 0 Å². The van der Waals surface area contributed by atoms with Crippen LogP contribution < -0.4 is 0 Å². The first kappa shape index (κ1) is 21.4. The second-order valence-corrected chi connectivity index (χ2v) is 8.08. The van der Waals surface area contributed by atoms with E-state index in [0.29, 0.717) is 5.56 Å². The topological polar surface area (TPSA) is 63.6 Å². The molecule has 148 valence electrons. The number of methoxy groups -OCH3 is 1. The first-order valence-corrected chi connectivity index (χ1v) is 9.32. The maximum Gasteiger partial charge on any atom is 0.337 e. The number of hydrogen-bond acceptors (Lipinski definition) is 3. The van der Waals surface area contributed by atoms with Gasteiger partial charge in [-0.2, -0.15) is 0 Å². The highest BCUT2D eigenvalue weighted by Gasteiger charge is 2.28. The Bertz CT molecular complexity index is 840. The highest BCUT2D eigenvalue weighted by Crippen LogP contribution is 2.33. The van der Waals surface area contributed by atoms with Crippen molar-refractivity contribution in [2.75, 3.05) is 7.11 Å². The third kappa shape index (κ3) is 5.56. The zero-order chi connectivity index (χ0) is 20.9. The van der Waals surface area contributed by atoms with E-state index in [1.165, 1.54) is 7.11 Å². The molecule has 0 amide bonds. The zero-order valence-electron chi connectivity index (χ0n) is 17.1. The van der Waals surface area contributed by atoms with E-state index < -0.39 is 17.9 Å². The molecule has 0 saturated heterocycles. The van der Waals surface area contributed by atoms with Crippen LogP contribution in [-0.2, 0) is 9.53 Å². The van der Waals surface area contributed by atoms with E-state index >= 15 is 0 Å². The molecule has 0 bridgehead atoms. The van der Waals surface area contributed by atoms with Gasteiger partial charge in [-0.25, -0.2) is 4.79 Å². The van der Waals surface area contributed by atoms with Crippen LogP contribution in [0.5, 0.6) is 0 Å². The molecular weight excluding hydrogens is 352 g/mol. The minimum Gasteiger partial charge on any atom is -0.481 e. The Balaban J connectivity index is 2.26. The van der Waals surface area contributed by atoms with Gasteiger partial charge < -0.3 is 9.84 Å². The fourth-order valence-electron chi connectivity index (χ4n) is 3.04. The quantitative estimate of drug-likeness (QED) is 0.672. The molecule has 0 aliphatic rings. The lowest BCUT2D eigenvalue weighted by Gasteiger charge is -2.21. The van der Waals surface area contributed by atoms with Crippen LogP contribution in [0.2, 0.25) is 0 Å². The SMILES string of the molecule is COC(=O)c1ccc(C(C)C(C(=O)O)c2ccc(/C=C/C(C)(C)C)cc2)cc1. The minimum atomic E-state index is -0.873. The van der Waals surface area contributed by atoms with Crippen molar-refractivity contribution in [3.05, 3.63) is 76.9 Å². The van der Waals surface area contributed by atoms with E-state index in [2.05, 4.69) is 32.9 Å². The van der Waals surface area contributed by atoms with Crippen LogP contribution in [0.1, 0.15) is 66.6 Å². The fraction of sp³-hybridized carbons (Fsp3) is 0.333. The van der Waals surface area contributed by atoms with Gasteiger partial charge in [-0.1, -0.05) is 76.2 Å². The Morgan fingerprint density at radius 2 is 1.50 bits per heavy atom. The van der Waals surface area contributed by atoms with Crippen molar-refractivity contribution in [1.29, 1.82) is 0 Å². The summed E-state index contributed by atoms with van der Waals surface area (Å²) < 4.78 is 4.70. The number of ether oxygens (including phenoxy) is 1. The maximum atomic E-state index is 12.0. The molecule has 0 spiro atoms. The average Bonchev–Trinajstić information content (AvgIpc) is 2.66. The van der Waals surface area contributed by atoms with Crippen LogP contribution in [0.25, 0.3) is 6.08 Å². The van der Waals surface area contributed by atoms with E-state index in [1.807, 2.05) is 31.2 Å². The Labute approximate surface area is 166 Å². The Morgan fingerprint density at radius 3 is 1.96 bits per heavy atom. The van der Waals surface area contributed by atoms with Crippen molar-refractivity contribution in [3.8, 4) is 0 Å². The first-order chi connectivity index (χ1) is 13.1. The number of aliphatic carboxylic acids is 1. The van der Waals surface area contributed by atoms with Gasteiger partial charge in [-0.15, -0.1) is 0 Å². The van der Waals surface area contributed by atoms with Crippen molar-refractivity contribution >= 4 is 18.0 Å². The van der Waals surface area contributed by atoms with Crippen molar-refractivity contribution in [2.45, 2.75) is 39.5 Å². The van der Waals surface area contributed by atoms with Gasteiger partial charge in [0, 0.05) is 0 Å². The Kier molecular flexibility index (Phi) is 6.79. The third-order valence-electron chi connectivity index (χ3n) is 4.69.